The summed E-state index contributed by atoms with van der Waals surface area (Å²) >= 11 is 0. The van der Waals surface area contributed by atoms with Crippen molar-refractivity contribution < 1.29 is 23.7 Å². The maximum absolute atomic E-state index is 11.8. The Kier molecular flexibility index (Phi) is 4.39. The zero-order valence-electron chi connectivity index (χ0n) is 14.9. The largest absolute Gasteiger partial charge is 0.347 e. The van der Waals surface area contributed by atoms with Crippen LogP contribution in [0.25, 0.3) is 0 Å². The number of rotatable bonds is 2. The van der Waals surface area contributed by atoms with Crippen LogP contribution in [0.15, 0.2) is 23.3 Å². The molecule has 3 aliphatic rings. The van der Waals surface area contributed by atoms with E-state index >= 15 is 0 Å². The molecule has 0 spiro atoms. The zero-order chi connectivity index (χ0) is 18.3. The average Bonchev–Trinajstić information content (AvgIpc) is 3.12. The van der Waals surface area contributed by atoms with Gasteiger partial charge in [0.05, 0.1) is 6.61 Å². The fourth-order valence-corrected chi connectivity index (χ4v) is 3.35. The quantitative estimate of drug-likeness (QED) is 0.568. The molecule has 0 unspecified atom stereocenters. The molecule has 5 heteroatoms. The summed E-state index contributed by atoms with van der Waals surface area (Å²) in [6.07, 6.45) is 9.54. The van der Waals surface area contributed by atoms with Crippen LogP contribution in [-0.2, 0) is 23.7 Å². The maximum atomic E-state index is 11.8. The highest BCUT2D eigenvalue weighted by Gasteiger charge is 2.57. The Bertz CT molecular complexity index is 740. The lowest BCUT2D eigenvalue weighted by Gasteiger charge is -2.23. The van der Waals surface area contributed by atoms with Crippen LogP contribution in [0, 0.1) is 24.2 Å². The summed E-state index contributed by atoms with van der Waals surface area (Å²) in [4.78, 5) is 11.8. The third-order valence-corrected chi connectivity index (χ3v) is 4.39. The number of aldehydes is 1. The normalized spacial score (nSPS) is 35.3. The van der Waals surface area contributed by atoms with Gasteiger partial charge in [-0.2, -0.15) is 0 Å². The molecule has 2 saturated heterocycles. The van der Waals surface area contributed by atoms with E-state index in [0.29, 0.717) is 24.2 Å². The second kappa shape index (κ2) is 6.12. The van der Waals surface area contributed by atoms with Gasteiger partial charge in [-0.3, -0.25) is 4.79 Å². The SMILES string of the molecule is C#C/C=C(\C#CC1=CC[C@H]2OC(C)(C)O[C@@]12C=O)[C@@H]1COC(C)(C)O1. The van der Waals surface area contributed by atoms with Crippen molar-refractivity contribution in [2.45, 2.75) is 63.5 Å². The van der Waals surface area contributed by atoms with E-state index in [-0.39, 0.29) is 12.2 Å². The van der Waals surface area contributed by atoms with Gasteiger partial charge in [-0.05, 0) is 34.1 Å². The van der Waals surface area contributed by atoms with E-state index in [9.17, 15) is 4.79 Å². The lowest BCUT2D eigenvalue weighted by Crippen LogP contribution is -2.40. The number of carbonyl (C=O) groups excluding carboxylic acids is 1. The van der Waals surface area contributed by atoms with Crippen molar-refractivity contribution in [1.29, 1.82) is 0 Å². The Morgan fingerprint density at radius 3 is 2.64 bits per heavy atom. The van der Waals surface area contributed by atoms with Gasteiger partial charge in [0.25, 0.3) is 0 Å². The highest BCUT2D eigenvalue weighted by atomic mass is 16.8. The Morgan fingerprint density at radius 2 is 2.04 bits per heavy atom. The minimum Gasteiger partial charge on any atom is -0.347 e. The molecule has 0 saturated carbocycles. The number of fused-ring (bicyclic) bond motifs is 1. The molecule has 0 bridgehead atoms. The summed E-state index contributed by atoms with van der Waals surface area (Å²) in [5.41, 5.74) is 0.0835. The van der Waals surface area contributed by atoms with Crippen LogP contribution in [0.1, 0.15) is 34.1 Å². The van der Waals surface area contributed by atoms with Gasteiger partial charge in [0.1, 0.15) is 12.2 Å². The summed E-state index contributed by atoms with van der Waals surface area (Å²) < 4.78 is 23.1. The van der Waals surface area contributed by atoms with Crippen molar-refractivity contribution in [2.24, 2.45) is 0 Å². The van der Waals surface area contributed by atoms with Gasteiger partial charge < -0.3 is 18.9 Å². The van der Waals surface area contributed by atoms with Crippen molar-refractivity contribution >= 4 is 6.29 Å². The van der Waals surface area contributed by atoms with Gasteiger partial charge in [-0.15, -0.1) is 6.42 Å². The smallest absolute Gasteiger partial charge is 0.185 e. The first-order valence-electron chi connectivity index (χ1n) is 8.26. The molecule has 132 valence electrons. The Hall–Kier alpha value is -1.89. The van der Waals surface area contributed by atoms with Crippen LogP contribution in [0.4, 0.5) is 0 Å². The number of ether oxygens (including phenoxy) is 4. The molecule has 25 heavy (non-hydrogen) atoms. The van der Waals surface area contributed by atoms with E-state index < -0.39 is 17.2 Å². The Labute approximate surface area is 148 Å². The van der Waals surface area contributed by atoms with Crippen molar-refractivity contribution in [3.8, 4) is 24.2 Å². The van der Waals surface area contributed by atoms with Gasteiger partial charge in [0.2, 0.25) is 0 Å². The summed E-state index contributed by atoms with van der Waals surface area (Å²) in [5.74, 6) is 7.08. The second-order valence-corrected chi connectivity index (χ2v) is 7.21. The van der Waals surface area contributed by atoms with Crippen molar-refractivity contribution in [3.05, 3.63) is 23.3 Å². The van der Waals surface area contributed by atoms with Crippen molar-refractivity contribution in [3.63, 3.8) is 0 Å². The molecule has 0 radical (unpaired) electrons. The minimum atomic E-state index is -1.15. The van der Waals surface area contributed by atoms with E-state index in [4.69, 9.17) is 25.4 Å². The number of hydrogen-bond donors (Lipinski definition) is 0. The third-order valence-electron chi connectivity index (χ3n) is 4.39. The monoisotopic (exact) mass is 342 g/mol. The zero-order valence-corrected chi connectivity index (χ0v) is 14.9. The predicted molar refractivity (Wildman–Crippen MR) is 91.1 cm³/mol. The van der Waals surface area contributed by atoms with E-state index in [0.717, 1.165) is 6.29 Å². The fraction of sp³-hybridized carbons (Fsp3) is 0.550. The summed E-state index contributed by atoms with van der Waals surface area (Å²) in [6, 6.07) is 0. The Balaban J connectivity index is 1.86. The molecular formula is C20H22O5. The first-order chi connectivity index (χ1) is 11.7. The number of allylic oxidation sites excluding steroid dienone is 1. The highest BCUT2D eigenvalue weighted by molar-refractivity contribution is 5.75. The van der Waals surface area contributed by atoms with Crippen LogP contribution in [0.5, 0.6) is 0 Å². The van der Waals surface area contributed by atoms with Crippen LogP contribution >= 0.6 is 0 Å². The van der Waals surface area contributed by atoms with Crippen LogP contribution in [-0.4, -0.2) is 42.3 Å². The summed E-state index contributed by atoms with van der Waals surface area (Å²) in [5, 5.41) is 0. The maximum Gasteiger partial charge on any atom is 0.185 e. The minimum absolute atomic E-state index is 0.333. The molecule has 5 nitrogen and oxygen atoms in total. The summed E-state index contributed by atoms with van der Waals surface area (Å²) in [6.45, 7) is 7.63. The van der Waals surface area contributed by atoms with Crippen molar-refractivity contribution in [1.82, 2.24) is 0 Å². The van der Waals surface area contributed by atoms with Gasteiger partial charge in [0, 0.05) is 17.2 Å². The second-order valence-electron chi connectivity index (χ2n) is 7.21. The van der Waals surface area contributed by atoms with Gasteiger partial charge in [0.15, 0.2) is 23.5 Å². The Morgan fingerprint density at radius 1 is 1.28 bits per heavy atom. The molecule has 2 heterocycles. The topological polar surface area (TPSA) is 54.0 Å². The molecule has 0 aromatic rings. The van der Waals surface area contributed by atoms with Gasteiger partial charge >= 0.3 is 0 Å². The molecule has 1 aliphatic carbocycles. The highest BCUT2D eigenvalue weighted by Crippen LogP contribution is 2.45. The molecule has 3 atom stereocenters. The predicted octanol–water partition coefficient (Wildman–Crippen LogP) is 2.12. The van der Waals surface area contributed by atoms with E-state index in [1.54, 1.807) is 19.9 Å². The molecule has 0 amide bonds. The van der Waals surface area contributed by atoms with Gasteiger partial charge in [-0.1, -0.05) is 23.8 Å². The van der Waals surface area contributed by atoms with Gasteiger partial charge in [-0.25, -0.2) is 0 Å². The first-order valence-corrected chi connectivity index (χ1v) is 8.26. The first kappa shape index (κ1) is 17.9. The number of terminal acetylenes is 1. The van der Waals surface area contributed by atoms with E-state index in [1.807, 2.05) is 19.9 Å². The summed E-state index contributed by atoms with van der Waals surface area (Å²) in [7, 11) is 0. The van der Waals surface area contributed by atoms with Crippen molar-refractivity contribution in [2.75, 3.05) is 6.61 Å². The fourth-order valence-electron chi connectivity index (χ4n) is 3.35. The lowest BCUT2D eigenvalue weighted by molar-refractivity contribution is -0.161. The molecule has 2 fully saturated rings. The van der Waals surface area contributed by atoms with Crippen LogP contribution in [0.2, 0.25) is 0 Å². The van der Waals surface area contributed by atoms with E-state index in [1.165, 1.54) is 0 Å². The average molecular weight is 342 g/mol. The third kappa shape index (κ3) is 3.29. The molecular weight excluding hydrogens is 320 g/mol. The standard InChI is InChI=1S/C20H22O5/c1-6-7-14(16-12-22-18(2,3)23-16)8-9-15-10-11-17-20(15,13-21)25-19(4,5)24-17/h1,7,10,13,16-17H,11-12H2,2-5H3/b14-7+/t16-,17+,20-/m0/s1. The van der Waals surface area contributed by atoms with Crippen LogP contribution in [0.3, 0.4) is 0 Å². The molecule has 3 rings (SSSR count). The molecule has 0 aromatic heterocycles. The molecule has 2 aliphatic heterocycles. The number of carbonyl (C=O) groups is 1. The molecule has 0 aromatic carbocycles. The van der Waals surface area contributed by atoms with Crippen LogP contribution < -0.4 is 0 Å². The van der Waals surface area contributed by atoms with E-state index in [2.05, 4.69) is 17.8 Å². The lowest BCUT2D eigenvalue weighted by atomic mass is 9.95. The molecule has 0 N–H and O–H groups in total. The number of hydrogen-bond acceptors (Lipinski definition) is 5.